The van der Waals surface area contributed by atoms with Gasteiger partial charge in [-0.3, -0.25) is 5.32 Å². The normalized spacial score (nSPS) is 17.2. The highest BCUT2D eigenvalue weighted by Gasteiger charge is 2.39. The Morgan fingerprint density at radius 2 is 2.00 bits per heavy atom. The van der Waals surface area contributed by atoms with E-state index in [0.29, 0.717) is 25.5 Å². The van der Waals surface area contributed by atoms with E-state index >= 15 is 0 Å². The number of aliphatic hydroxyl groups excluding tert-OH is 1. The first-order valence-electron chi connectivity index (χ1n) is 7.88. The van der Waals surface area contributed by atoms with Crippen molar-refractivity contribution in [3.05, 3.63) is 41.2 Å². The molecule has 0 atom stereocenters. The first-order chi connectivity index (χ1) is 10.9. The van der Waals surface area contributed by atoms with Crippen LogP contribution < -0.4 is 5.32 Å². The highest BCUT2D eigenvalue weighted by Crippen LogP contribution is 2.27. The third-order valence-corrected chi connectivity index (χ3v) is 4.09. The summed E-state index contributed by atoms with van der Waals surface area (Å²) in [5.41, 5.74) is 0.746. The minimum absolute atomic E-state index is 0.0448. The molecule has 2 aromatic rings. The number of aromatic nitrogens is 1. The van der Waals surface area contributed by atoms with Gasteiger partial charge >= 0.3 is 0 Å². The number of nitrogens with zero attached hydrogens (tertiary/aromatic N) is 1. The molecule has 2 aromatic heterocycles. The molecule has 0 unspecified atom stereocenters. The van der Waals surface area contributed by atoms with Crippen molar-refractivity contribution in [2.75, 3.05) is 13.2 Å². The van der Waals surface area contributed by atoms with E-state index in [1.165, 1.54) is 0 Å². The molecule has 0 saturated carbocycles. The van der Waals surface area contributed by atoms with E-state index in [0.717, 1.165) is 23.6 Å². The zero-order valence-corrected chi connectivity index (χ0v) is 13.9. The van der Waals surface area contributed by atoms with Gasteiger partial charge in [0.15, 0.2) is 0 Å². The fourth-order valence-electron chi connectivity index (χ4n) is 2.59. The number of ether oxygens (including phenoxy) is 1. The van der Waals surface area contributed by atoms with Crippen LogP contribution in [0.15, 0.2) is 27.1 Å². The van der Waals surface area contributed by atoms with Gasteiger partial charge in [0.2, 0.25) is 0 Å². The third kappa shape index (κ3) is 3.65. The van der Waals surface area contributed by atoms with Crippen LogP contribution in [-0.4, -0.2) is 29.0 Å². The van der Waals surface area contributed by atoms with Crippen molar-refractivity contribution in [3.8, 4) is 0 Å². The van der Waals surface area contributed by atoms with Crippen LogP contribution in [0.3, 0.4) is 0 Å². The molecule has 23 heavy (non-hydrogen) atoms. The number of nitrogens with one attached hydrogen (secondary N) is 1. The van der Waals surface area contributed by atoms with Crippen LogP contribution in [0, 0.1) is 0 Å². The second kappa shape index (κ2) is 6.11. The van der Waals surface area contributed by atoms with E-state index in [1.54, 1.807) is 6.07 Å². The Morgan fingerprint density at radius 1 is 1.26 bits per heavy atom. The van der Waals surface area contributed by atoms with E-state index in [9.17, 15) is 0 Å². The summed E-state index contributed by atoms with van der Waals surface area (Å²) in [7, 11) is 0. The molecule has 0 amide bonds. The van der Waals surface area contributed by atoms with Crippen LogP contribution in [0.25, 0.3) is 0 Å². The number of hydrogen-bond donors (Lipinski definition) is 2. The Kier molecular flexibility index (Phi) is 4.31. The molecule has 0 aromatic carbocycles. The Balaban J connectivity index is 1.63. The van der Waals surface area contributed by atoms with E-state index < -0.39 is 0 Å². The molecule has 6 nitrogen and oxygen atoms in total. The standard InChI is InChI=1S/C17H24N2O4/c1-16(2,3)15-6-12(19-23-15)7-17(10-21-11-17)18-8-13-4-5-14(9-20)22-13/h4-6,18,20H,7-11H2,1-3H3. The molecule has 1 aliphatic heterocycles. The van der Waals surface area contributed by atoms with Gasteiger partial charge in [-0.05, 0) is 12.1 Å². The van der Waals surface area contributed by atoms with Gasteiger partial charge in [-0.2, -0.15) is 0 Å². The van der Waals surface area contributed by atoms with Crippen LogP contribution in [0.5, 0.6) is 0 Å². The number of hydrogen-bond acceptors (Lipinski definition) is 6. The SMILES string of the molecule is CC(C)(C)c1cc(CC2(NCc3ccc(CO)o3)COC2)no1. The summed E-state index contributed by atoms with van der Waals surface area (Å²) in [4.78, 5) is 0. The van der Waals surface area contributed by atoms with Crippen LogP contribution in [0.2, 0.25) is 0 Å². The van der Waals surface area contributed by atoms with Gasteiger partial charge in [-0.1, -0.05) is 25.9 Å². The summed E-state index contributed by atoms with van der Waals surface area (Å²) in [6, 6.07) is 5.69. The molecule has 2 N–H and O–H groups in total. The molecule has 3 heterocycles. The summed E-state index contributed by atoms with van der Waals surface area (Å²) in [6.07, 6.45) is 0.750. The summed E-state index contributed by atoms with van der Waals surface area (Å²) >= 11 is 0. The van der Waals surface area contributed by atoms with Crippen LogP contribution >= 0.6 is 0 Å². The summed E-state index contributed by atoms with van der Waals surface area (Å²) in [5.74, 6) is 2.27. The highest BCUT2D eigenvalue weighted by molar-refractivity contribution is 5.17. The molecular formula is C17H24N2O4. The number of furan rings is 1. The monoisotopic (exact) mass is 320 g/mol. The molecular weight excluding hydrogens is 296 g/mol. The Hall–Kier alpha value is -1.63. The van der Waals surface area contributed by atoms with Crippen molar-refractivity contribution < 1.29 is 18.8 Å². The lowest BCUT2D eigenvalue weighted by molar-refractivity contribution is -0.0762. The van der Waals surface area contributed by atoms with Crippen molar-refractivity contribution >= 4 is 0 Å². The minimum Gasteiger partial charge on any atom is -0.462 e. The summed E-state index contributed by atoms with van der Waals surface area (Å²) in [6.45, 7) is 8.10. The molecule has 126 valence electrons. The first-order valence-corrected chi connectivity index (χ1v) is 7.88. The molecule has 0 bridgehead atoms. The minimum atomic E-state index is -0.141. The maximum atomic E-state index is 9.05. The Bertz CT molecular complexity index is 650. The predicted octanol–water partition coefficient (Wildman–Crippen LogP) is 2.16. The van der Waals surface area contributed by atoms with Gasteiger partial charge in [-0.25, -0.2) is 0 Å². The van der Waals surface area contributed by atoms with E-state index in [4.69, 9.17) is 18.8 Å². The fourth-order valence-corrected chi connectivity index (χ4v) is 2.59. The second-order valence-corrected chi connectivity index (χ2v) is 7.26. The molecule has 6 heteroatoms. The van der Waals surface area contributed by atoms with Gasteiger partial charge in [0.05, 0.1) is 31.0 Å². The lowest BCUT2D eigenvalue weighted by atomic mass is 9.89. The molecule has 0 spiro atoms. The lowest BCUT2D eigenvalue weighted by Gasteiger charge is -2.41. The van der Waals surface area contributed by atoms with Crippen LogP contribution in [0.1, 0.15) is 43.7 Å². The average molecular weight is 320 g/mol. The molecule has 0 radical (unpaired) electrons. The van der Waals surface area contributed by atoms with E-state index in [1.807, 2.05) is 12.1 Å². The summed E-state index contributed by atoms with van der Waals surface area (Å²) in [5, 5.41) is 16.7. The quantitative estimate of drug-likeness (QED) is 0.849. The van der Waals surface area contributed by atoms with Gasteiger partial charge < -0.3 is 18.8 Å². The lowest BCUT2D eigenvalue weighted by Crippen LogP contribution is -2.61. The fraction of sp³-hybridized carbons (Fsp3) is 0.588. The maximum Gasteiger partial charge on any atom is 0.142 e. The zero-order chi connectivity index (χ0) is 16.5. The predicted molar refractivity (Wildman–Crippen MR) is 83.9 cm³/mol. The summed E-state index contributed by atoms with van der Waals surface area (Å²) < 4.78 is 16.4. The smallest absolute Gasteiger partial charge is 0.142 e. The van der Waals surface area contributed by atoms with Crippen molar-refractivity contribution in [1.82, 2.24) is 10.5 Å². The molecule has 0 aliphatic carbocycles. The third-order valence-electron chi connectivity index (χ3n) is 4.09. The van der Waals surface area contributed by atoms with Crippen molar-refractivity contribution in [2.45, 2.75) is 51.3 Å². The molecule has 3 rings (SSSR count). The highest BCUT2D eigenvalue weighted by atomic mass is 16.5. The molecule has 1 aliphatic rings. The van der Waals surface area contributed by atoms with E-state index in [-0.39, 0.29) is 17.6 Å². The van der Waals surface area contributed by atoms with Gasteiger partial charge in [-0.15, -0.1) is 0 Å². The van der Waals surface area contributed by atoms with Gasteiger partial charge in [0, 0.05) is 17.9 Å². The van der Waals surface area contributed by atoms with Crippen LogP contribution in [0.4, 0.5) is 0 Å². The van der Waals surface area contributed by atoms with Crippen molar-refractivity contribution in [3.63, 3.8) is 0 Å². The number of rotatable bonds is 6. The van der Waals surface area contributed by atoms with Gasteiger partial charge in [0.25, 0.3) is 0 Å². The van der Waals surface area contributed by atoms with Crippen molar-refractivity contribution in [2.24, 2.45) is 0 Å². The second-order valence-electron chi connectivity index (χ2n) is 7.26. The topological polar surface area (TPSA) is 80.7 Å². The van der Waals surface area contributed by atoms with Crippen molar-refractivity contribution in [1.29, 1.82) is 0 Å². The van der Waals surface area contributed by atoms with Gasteiger partial charge in [0.1, 0.15) is 23.9 Å². The first kappa shape index (κ1) is 16.2. The maximum absolute atomic E-state index is 9.05. The molecule has 1 saturated heterocycles. The Morgan fingerprint density at radius 3 is 2.52 bits per heavy atom. The van der Waals surface area contributed by atoms with Crippen LogP contribution in [-0.2, 0) is 29.7 Å². The largest absolute Gasteiger partial charge is 0.462 e. The molecule has 1 fully saturated rings. The van der Waals surface area contributed by atoms with E-state index in [2.05, 4.69) is 31.2 Å². The zero-order valence-electron chi connectivity index (χ0n) is 13.9. The Labute approximate surface area is 135 Å². The number of aliphatic hydroxyl groups is 1. The average Bonchev–Trinajstić information content (AvgIpc) is 3.10.